The highest BCUT2D eigenvalue weighted by Crippen LogP contribution is 2.19. The van der Waals surface area contributed by atoms with Crippen LogP contribution >= 0.6 is 11.3 Å². The Balaban J connectivity index is 1.86. The van der Waals surface area contributed by atoms with Gasteiger partial charge in [0.15, 0.2) is 0 Å². The number of amides is 1. The number of aromatic nitrogens is 2. The molecule has 1 aromatic heterocycles. The van der Waals surface area contributed by atoms with Crippen LogP contribution < -0.4 is 10.6 Å². The Morgan fingerprint density at radius 3 is 2.71 bits per heavy atom. The molecule has 1 heterocycles. The Morgan fingerprint density at radius 2 is 2.00 bits per heavy atom. The number of carbonyl (C=O) groups is 1. The Hall–Kier alpha value is -1.79. The van der Waals surface area contributed by atoms with Crippen LogP contribution in [-0.2, 0) is 11.2 Å². The third-order valence-corrected chi connectivity index (χ3v) is 3.86. The summed E-state index contributed by atoms with van der Waals surface area (Å²) >= 11 is 1.43. The van der Waals surface area contributed by atoms with Crippen molar-refractivity contribution in [2.45, 2.75) is 26.2 Å². The number of aryl methyl sites for hydroxylation is 1. The maximum absolute atomic E-state index is 11.7. The van der Waals surface area contributed by atoms with Gasteiger partial charge in [0.1, 0.15) is 5.01 Å². The monoisotopic (exact) mass is 304 g/mol. The summed E-state index contributed by atoms with van der Waals surface area (Å²) in [6, 6.07) is 8.35. The molecule has 0 atom stereocenters. The smallest absolute Gasteiger partial charge is 0.226 e. The topological polar surface area (TPSA) is 66.9 Å². The molecule has 2 aromatic rings. The van der Waals surface area contributed by atoms with Gasteiger partial charge in [0, 0.05) is 12.8 Å². The maximum atomic E-state index is 11.7. The summed E-state index contributed by atoms with van der Waals surface area (Å²) in [5.74, 6) is -0.0108. The van der Waals surface area contributed by atoms with Crippen molar-refractivity contribution in [3.05, 3.63) is 40.4 Å². The first-order valence-corrected chi connectivity index (χ1v) is 7.81. The highest BCUT2D eigenvalue weighted by molar-refractivity contribution is 7.15. The second-order valence-electron chi connectivity index (χ2n) is 4.92. The zero-order valence-corrected chi connectivity index (χ0v) is 13.2. The van der Waals surface area contributed by atoms with E-state index in [1.807, 2.05) is 7.05 Å². The summed E-state index contributed by atoms with van der Waals surface area (Å²) in [4.78, 5) is 11.7. The number of hydrogen-bond acceptors (Lipinski definition) is 5. The Kier molecular flexibility index (Phi) is 5.83. The van der Waals surface area contributed by atoms with Crippen molar-refractivity contribution in [3.8, 4) is 0 Å². The molecule has 0 unspecified atom stereocenters. The van der Waals surface area contributed by atoms with Crippen molar-refractivity contribution in [1.29, 1.82) is 0 Å². The van der Waals surface area contributed by atoms with E-state index in [-0.39, 0.29) is 5.91 Å². The Morgan fingerprint density at radius 1 is 1.24 bits per heavy atom. The van der Waals surface area contributed by atoms with Crippen molar-refractivity contribution in [1.82, 2.24) is 15.5 Å². The lowest BCUT2D eigenvalue weighted by Crippen LogP contribution is -2.15. The lowest BCUT2D eigenvalue weighted by atomic mass is 10.1. The highest BCUT2D eigenvalue weighted by Gasteiger charge is 2.08. The van der Waals surface area contributed by atoms with E-state index in [1.54, 1.807) is 0 Å². The molecule has 0 aliphatic rings. The molecule has 0 saturated carbocycles. The van der Waals surface area contributed by atoms with E-state index in [4.69, 9.17) is 0 Å². The van der Waals surface area contributed by atoms with Gasteiger partial charge in [-0.2, -0.15) is 0 Å². The predicted molar refractivity (Wildman–Crippen MR) is 85.7 cm³/mol. The molecule has 0 fully saturated rings. The third kappa shape index (κ3) is 5.24. The second kappa shape index (κ2) is 7.85. The first-order chi connectivity index (χ1) is 10.2. The van der Waals surface area contributed by atoms with Gasteiger partial charge in [0.2, 0.25) is 11.0 Å². The van der Waals surface area contributed by atoms with Crippen LogP contribution in [0.15, 0.2) is 24.3 Å². The maximum Gasteiger partial charge on any atom is 0.226 e. The van der Waals surface area contributed by atoms with Gasteiger partial charge in [-0.15, -0.1) is 10.2 Å². The van der Waals surface area contributed by atoms with Crippen molar-refractivity contribution in [2.75, 3.05) is 18.9 Å². The summed E-state index contributed by atoms with van der Waals surface area (Å²) in [5, 5.41) is 15.4. The van der Waals surface area contributed by atoms with Crippen LogP contribution in [0.2, 0.25) is 0 Å². The lowest BCUT2D eigenvalue weighted by molar-refractivity contribution is -0.116. The molecule has 21 heavy (non-hydrogen) atoms. The zero-order valence-electron chi connectivity index (χ0n) is 12.3. The molecule has 0 spiro atoms. The molecular weight excluding hydrogens is 284 g/mol. The number of hydrogen-bond donors (Lipinski definition) is 2. The number of nitrogens with one attached hydrogen (secondary N) is 2. The van der Waals surface area contributed by atoms with Crippen LogP contribution in [0.5, 0.6) is 0 Å². The fourth-order valence-electron chi connectivity index (χ4n) is 1.86. The van der Waals surface area contributed by atoms with Gasteiger partial charge in [-0.3, -0.25) is 4.79 Å². The molecule has 2 N–H and O–H groups in total. The van der Waals surface area contributed by atoms with Gasteiger partial charge in [-0.1, -0.05) is 41.2 Å². The third-order valence-electron chi connectivity index (χ3n) is 3.02. The Bertz CT molecular complexity index is 580. The molecule has 0 radical (unpaired) electrons. The predicted octanol–water partition coefficient (Wildman–Crippen LogP) is 2.38. The first kappa shape index (κ1) is 15.6. The molecule has 1 aromatic carbocycles. The van der Waals surface area contributed by atoms with E-state index in [2.05, 4.69) is 52.0 Å². The van der Waals surface area contributed by atoms with Crippen LogP contribution in [-0.4, -0.2) is 29.7 Å². The normalized spacial score (nSPS) is 10.6. The van der Waals surface area contributed by atoms with Crippen molar-refractivity contribution < 1.29 is 4.79 Å². The minimum absolute atomic E-state index is 0.0108. The first-order valence-electron chi connectivity index (χ1n) is 7.00. The van der Waals surface area contributed by atoms with Crippen LogP contribution in [0.4, 0.5) is 5.13 Å². The summed E-state index contributed by atoms with van der Waals surface area (Å²) in [7, 11) is 1.88. The zero-order chi connectivity index (χ0) is 15.1. The lowest BCUT2D eigenvalue weighted by Gasteiger charge is -2.00. The van der Waals surface area contributed by atoms with E-state index in [1.165, 1.54) is 22.5 Å². The Labute approximate surface area is 128 Å². The molecule has 5 nitrogen and oxygen atoms in total. The molecule has 0 aliphatic heterocycles. The number of rotatable bonds is 7. The second-order valence-corrected chi connectivity index (χ2v) is 5.98. The van der Waals surface area contributed by atoms with E-state index < -0.39 is 0 Å². The van der Waals surface area contributed by atoms with Gasteiger partial charge in [0.05, 0.1) is 0 Å². The summed E-state index contributed by atoms with van der Waals surface area (Å²) in [6.07, 6.45) is 2.05. The van der Waals surface area contributed by atoms with Crippen molar-refractivity contribution in [3.63, 3.8) is 0 Å². The summed E-state index contributed by atoms with van der Waals surface area (Å²) in [5.41, 5.74) is 2.44. The van der Waals surface area contributed by atoms with Gasteiger partial charge in [-0.25, -0.2) is 0 Å². The standard InChI is InChI=1S/C15H20N4OS/c1-11-5-7-12(8-6-11)10-14-18-19-15(21-14)17-13(20)4-3-9-16-2/h5-8,16H,3-4,9-10H2,1-2H3,(H,17,19,20). The largest absolute Gasteiger partial charge is 0.320 e. The molecule has 0 bridgehead atoms. The molecular formula is C15H20N4OS. The fraction of sp³-hybridized carbons (Fsp3) is 0.400. The van der Waals surface area contributed by atoms with Crippen LogP contribution in [0.1, 0.15) is 29.0 Å². The molecule has 0 aliphatic carbocycles. The molecule has 1 amide bonds. The van der Waals surface area contributed by atoms with E-state index >= 15 is 0 Å². The summed E-state index contributed by atoms with van der Waals surface area (Å²) < 4.78 is 0. The van der Waals surface area contributed by atoms with Gasteiger partial charge >= 0.3 is 0 Å². The molecule has 112 valence electrons. The minimum atomic E-state index is -0.0108. The van der Waals surface area contributed by atoms with E-state index in [0.29, 0.717) is 11.6 Å². The van der Waals surface area contributed by atoms with Crippen LogP contribution in [0, 0.1) is 6.92 Å². The number of benzene rings is 1. The van der Waals surface area contributed by atoms with Gasteiger partial charge in [0.25, 0.3) is 0 Å². The van der Waals surface area contributed by atoms with E-state index in [9.17, 15) is 4.79 Å². The summed E-state index contributed by atoms with van der Waals surface area (Å²) in [6.45, 7) is 2.90. The average Bonchev–Trinajstić information content (AvgIpc) is 2.89. The fourth-order valence-corrected chi connectivity index (χ4v) is 2.65. The van der Waals surface area contributed by atoms with E-state index in [0.717, 1.165) is 24.4 Å². The minimum Gasteiger partial charge on any atom is -0.320 e. The quantitative estimate of drug-likeness (QED) is 0.771. The van der Waals surface area contributed by atoms with Crippen molar-refractivity contribution in [2.24, 2.45) is 0 Å². The van der Waals surface area contributed by atoms with Crippen LogP contribution in [0.25, 0.3) is 0 Å². The molecule has 0 saturated heterocycles. The van der Waals surface area contributed by atoms with Gasteiger partial charge in [-0.05, 0) is 32.5 Å². The molecule has 6 heteroatoms. The highest BCUT2D eigenvalue weighted by atomic mass is 32.1. The number of anilines is 1. The van der Waals surface area contributed by atoms with Crippen molar-refractivity contribution >= 4 is 22.4 Å². The number of carbonyl (C=O) groups excluding carboxylic acids is 1. The molecule has 2 rings (SSSR count). The van der Waals surface area contributed by atoms with Crippen LogP contribution in [0.3, 0.4) is 0 Å². The van der Waals surface area contributed by atoms with Gasteiger partial charge < -0.3 is 10.6 Å². The average molecular weight is 304 g/mol. The number of nitrogens with zero attached hydrogens (tertiary/aromatic N) is 2. The SMILES string of the molecule is CNCCCC(=O)Nc1nnc(Cc2ccc(C)cc2)s1.